The Hall–Kier alpha value is -0.890. The van der Waals surface area contributed by atoms with Crippen LogP contribution in [0.25, 0.3) is 0 Å². The van der Waals surface area contributed by atoms with Gasteiger partial charge in [0.15, 0.2) is 5.82 Å². The number of sulfonamides is 1. The lowest BCUT2D eigenvalue weighted by molar-refractivity contribution is 0.475. The number of pyridine rings is 1. The molecule has 8 heteroatoms. The van der Waals surface area contributed by atoms with Gasteiger partial charge in [0.25, 0.3) is 0 Å². The fraction of sp³-hybridized carbons (Fsp3) is 0.545. The van der Waals surface area contributed by atoms with E-state index in [9.17, 15) is 8.42 Å². The van der Waals surface area contributed by atoms with Gasteiger partial charge in [0, 0.05) is 12.7 Å². The van der Waals surface area contributed by atoms with Crippen LogP contribution in [0, 0.1) is 5.41 Å². The minimum atomic E-state index is -3.58. The van der Waals surface area contributed by atoms with Gasteiger partial charge in [-0.25, -0.2) is 24.0 Å². The van der Waals surface area contributed by atoms with Crippen molar-refractivity contribution in [1.29, 1.82) is 0 Å². The Bertz CT molecular complexity index is 572. The summed E-state index contributed by atoms with van der Waals surface area (Å²) < 4.78 is 26.8. The summed E-state index contributed by atoms with van der Waals surface area (Å²) in [6, 6.07) is 1.33. The van der Waals surface area contributed by atoms with Crippen molar-refractivity contribution >= 4 is 27.4 Å². The number of rotatable bonds is 6. The molecule has 4 N–H and O–H groups in total. The number of anilines is 1. The zero-order chi connectivity index (χ0) is 14.1. The molecule has 0 atom stereocenters. The Morgan fingerprint density at radius 1 is 1.53 bits per heavy atom. The molecule has 1 aliphatic rings. The first kappa shape index (κ1) is 14.5. The lowest BCUT2D eigenvalue weighted by Gasteiger charge is -2.14. The van der Waals surface area contributed by atoms with Gasteiger partial charge in [0.2, 0.25) is 10.0 Å². The summed E-state index contributed by atoms with van der Waals surface area (Å²) in [6.07, 6.45) is 4.35. The van der Waals surface area contributed by atoms with Crippen LogP contribution in [0.15, 0.2) is 17.2 Å². The zero-order valence-electron chi connectivity index (χ0n) is 10.6. The van der Waals surface area contributed by atoms with E-state index in [2.05, 4.69) is 22.1 Å². The molecule has 0 radical (unpaired) electrons. The van der Waals surface area contributed by atoms with Crippen LogP contribution in [0.3, 0.4) is 0 Å². The largest absolute Gasteiger partial charge is 0.307 e. The second-order valence-electron chi connectivity index (χ2n) is 4.82. The molecule has 1 aromatic rings. The van der Waals surface area contributed by atoms with Gasteiger partial charge >= 0.3 is 0 Å². The van der Waals surface area contributed by atoms with E-state index in [1.807, 2.05) is 0 Å². The molecule has 0 bridgehead atoms. The molecular weight excluding hydrogens is 288 g/mol. The lowest BCUT2D eigenvalue weighted by Crippen LogP contribution is -2.30. The highest BCUT2D eigenvalue weighted by molar-refractivity contribution is 7.89. The molecular formula is C11H17ClN4O2S. The first-order valence-corrected chi connectivity index (χ1v) is 7.90. The van der Waals surface area contributed by atoms with Crippen LogP contribution >= 0.6 is 11.6 Å². The van der Waals surface area contributed by atoms with E-state index in [0.29, 0.717) is 6.54 Å². The van der Waals surface area contributed by atoms with Gasteiger partial charge in [-0.3, -0.25) is 0 Å². The molecule has 19 heavy (non-hydrogen) atoms. The van der Waals surface area contributed by atoms with Crippen LogP contribution in [0.5, 0.6) is 0 Å². The van der Waals surface area contributed by atoms with Crippen molar-refractivity contribution < 1.29 is 8.42 Å². The van der Waals surface area contributed by atoms with Crippen molar-refractivity contribution in [3.05, 3.63) is 17.3 Å². The normalized spacial score (nSPS) is 17.2. The third-order valence-corrected chi connectivity index (χ3v) is 5.26. The summed E-state index contributed by atoms with van der Waals surface area (Å²) >= 11 is 5.87. The molecule has 0 aromatic carbocycles. The van der Waals surface area contributed by atoms with Crippen LogP contribution in [0.1, 0.15) is 26.2 Å². The maximum Gasteiger partial charge on any atom is 0.242 e. The van der Waals surface area contributed by atoms with Crippen LogP contribution in [0.4, 0.5) is 5.82 Å². The van der Waals surface area contributed by atoms with E-state index in [0.717, 1.165) is 19.3 Å². The summed E-state index contributed by atoms with van der Waals surface area (Å²) in [4.78, 5) is 3.90. The number of nitrogens with zero attached hydrogens (tertiary/aromatic N) is 1. The molecule has 0 spiro atoms. The number of nitrogen functional groups attached to an aromatic ring is 1. The average molecular weight is 305 g/mol. The molecule has 0 aliphatic heterocycles. The molecule has 2 rings (SSSR count). The number of nitrogens with two attached hydrogens (primary N) is 1. The third-order valence-electron chi connectivity index (χ3n) is 3.61. The quantitative estimate of drug-likeness (QED) is 0.546. The highest BCUT2D eigenvalue weighted by Crippen LogP contribution is 2.48. The monoisotopic (exact) mass is 304 g/mol. The van der Waals surface area contributed by atoms with Gasteiger partial charge in [-0.15, -0.1) is 0 Å². The van der Waals surface area contributed by atoms with Gasteiger partial charge in [0.05, 0.1) is 5.02 Å². The predicted octanol–water partition coefficient (Wildman–Crippen LogP) is 1.49. The van der Waals surface area contributed by atoms with Crippen LogP contribution in [-0.4, -0.2) is 19.9 Å². The second kappa shape index (κ2) is 5.24. The minimum Gasteiger partial charge on any atom is -0.307 e. The summed E-state index contributed by atoms with van der Waals surface area (Å²) in [6.45, 7) is 2.53. The Morgan fingerprint density at radius 2 is 2.21 bits per heavy atom. The number of hydrogen-bond donors (Lipinski definition) is 3. The van der Waals surface area contributed by atoms with Crippen LogP contribution in [-0.2, 0) is 10.0 Å². The third kappa shape index (κ3) is 3.17. The number of halogens is 1. The molecule has 1 aliphatic carbocycles. The van der Waals surface area contributed by atoms with Crippen molar-refractivity contribution in [3.8, 4) is 0 Å². The fourth-order valence-electron chi connectivity index (χ4n) is 1.84. The Balaban J connectivity index is 2.13. The van der Waals surface area contributed by atoms with Crippen LogP contribution in [0.2, 0.25) is 5.02 Å². The van der Waals surface area contributed by atoms with Gasteiger partial charge in [-0.2, -0.15) is 0 Å². The maximum atomic E-state index is 12.1. The number of hydrogen-bond acceptors (Lipinski definition) is 5. The molecule has 0 unspecified atom stereocenters. The van der Waals surface area contributed by atoms with E-state index in [1.165, 1.54) is 12.3 Å². The number of nitrogens with one attached hydrogen (secondary N) is 2. The number of hydrazine groups is 1. The fourth-order valence-corrected chi connectivity index (χ4v) is 3.25. The van der Waals surface area contributed by atoms with Crippen molar-refractivity contribution in [2.24, 2.45) is 11.3 Å². The van der Waals surface area contributed by atoms with E-state index in [4.69, 9.17) is 17.4 Å². The average Bonchev–Trinajstić information content (AvgIpc) is 3.17. The van der Waals surface area contributed by atoms with E-state index in [-0.39, 0.29) is 21.2 Å². The predicted molar refractivity (Wildman–Crippen MR) is 74.2 cm³/mol. The van der Waals surface area contributed by atoms with Gasteiger partial charge in [-0.1, -0.05) is 18.5 Å². The number of aromatic nitrogens is 1. The topological polar surface area (TPSA) is 97.1 Å². The van der Waals surface area contributed by atoms with E-state index >= 15 is 0 Å². The maximum absolute atomic E-state index is 12.1. The zero-order valence-corrected chi connectivity index (χ0v) is 12.2. The Kier molecular flexibility index (Phi) is 4.00. The van der Waals surface area contributed by atoms with Crippen LogP contribution < -0.4 is 16.0 Å². The first-order valence-electron chi connectivity index (χ1n) is 6.04. The lowest BCUT2D eigenvalue weighted by atomic mass is 10.1. The van der Waals surface area contributed by atoms with E-state index in [1.54, 1.807) is 0 Å². The highest BCUT2D eigenvalue weighted by atomic mass is 35.5. The molecule has 1 fully saturated rings. The summed E-state index contributed by atoms with van der Waals surface area (Å²) in [7, 11) is -3.58. The van der Waals surface area contributed by atoms with Crippen molar-refractivity contribution in [3.63, 3.8) is 0 Å². The summed E-state index contributed by atoms with van der Waals surface area (Å²) in [5, 5.41) is 0.169. The van der Waals surface area contributed by atoms with Crippen molar-refractivity contribution in [1.82, 2.24) is 9.71 Å². The second-order valence-corrected chi connectivity index (χ2v) is 7.00. The molecule has 106 valence electrons. The molecule has 0 saturated heterocycles. The highest BCUT2D eigenvalue weighted by Gasteiger charge is 2.41. The van der Waals surface area contributed by atoms with E-state index < -0.39 is 10.0 Å². The Labute approximate surface area is 117 Å². The van der Waals surface area contributed by atoms with Crippen molar-refractivity contribution in [2.45, 2.75) is 31.1 Å². The molecule has 0 amide bonds. The molecule has 1 saturated carbocycles. The van der Waals surface area contributed by atoms with Crippen molar-refractivity contribution in [2.75, 3.05) is 12.0 Å². The summed E-state index contributed by atoms with van der Waals surface area (Å²) in [5.74, 6) is 5.43. The van der Waals surface area contributed by atoms with Gasteiger partial charge in [-0.05, 0) is 30.7 Å². The minimum absolute atomic E-state index is 0.0448. The SMILES string of the molecule is CCC1(CNS(=O)(=O)c2cnc(NN)c(Cl)c2)CC1. The Morgan fingerprint density at radius 3 is 2.68 bits per heavy atom. The molecule has 1 aromatic heterocycles. The summed E-state index contributed by atoms with van der Waals surface area (Å²) in [5.41, 5.74) is 2.43. The first-order chi connectivity index (χ1) is 8.92. The smallest absolute Gasteiger partial charge is 0.242 e. The standard InChI is InChI=1S/C11H17ClN4O2S/c1-2-11(3-4-11)7-15-19(17,18)8-5-9(12)10(16-13)14-6-8/h5-6,15H,2-4,7,13H2,1H3,(H,14,16). The molecule has 1 heterocycles. The van der Waals surface area contributed by atoms with Gasteiger partial charge < -0.3 is 5.43 Å². The molecule has 6 nitrogen and oxygen atoms in total. The van der Waals surface area contributed by atoms with Gasteiger partial charge in [0.1, 0.15) is 4.90 Å².